The molecule has 7 heteroatoms. The zero-order valence-electron chi connectivity index (χ0n) is 30.1. The Hall–Kier alpha value is -3.49. The Balaban J connectivity index is 1.51. The molecular weight excluding hydrogens is 613 g/mol. The fourth-order valence-corrected chi connectivity index (χ4v) is 12.5. The summed E-state index contributed by atoms with van der Waals surface area (Å²) < 4.78 is 19.4. The van der Waals surface area contributed by atoms with E-state index >= 15 is 0 Å². The lowest BCUT2D eigenvalue weighted by molar-refractivity contribution is -0.0463. The van der Waals surface area contributed by atoms with Crippen LogP contribution in [0.4, 0.5) is 4.79 Å². The highest BCUT2D eigenvalue weighted by Crippen LogP contribution is 2.41. The lowest BCUT2D eigenvalue weighted by atomic mass is 9.86. The largest absolute Gasteiger partial charge is 0.418 e. The van der Waals surface area contributed by atoms with Gasteiger partial charge in [0.05, 0.1) is 25.0 Å². The first-order chi connectivity index (χ1) is 22.7. The number of carbonyl (C=O) groups excluding carboxylic acids is 1. The summed E-state index contributed by atoms with van der Waals surface area (Å²) in [5.41, 5.74) is 1.14. The molecule has 0 saturated carbocycles. The van der Waals surface area contributed by atoms with E-state index in [-0.39, 0.29) is 22.9 Å². The lowest BCUT2D eigenvalue weighted by Gasteiger charge is -2.44. The Morgan fingerprint density at radius 3 is 1.96 bits per heavy atom. The van der Waals surface area contributed by atoms with E-state index in [1.165, 1.54) is 15.9 Å². The molecule has 0 unspecified atom stereocenters. The van der Waals surface area contributed by atoms with Crippen molar-refractivity contribution in [2.45, 2.75) is 84.3 Å². The molecule has 6 nitrogen and oxygen atoms in total. The molecule has 48 heavy (non-hydrogen) atoms. The van der Waals surface area contributed by atoms with Crippen molar-refractivity contribution >= 4 is 24.8 Å². The van der Waals surface area contributed by atoms with E-state index in [1.54, 1.807) is 11.2 Å². The topological polar surface area (TPSA) is 51.2 Å². The van der Waals surface area contributed by atoms with Crippen LogP contribution in [0.25, 0.3) is 0 Å². The molecular formula is C41H54N2O4Si. The predicted octanol–water partition coefficient (Wildman–Crippen LogP) is 7.75. The van der Waals surface area contributed by atoms with Gasteiger partial charge in [-0.2, -0.15) is 0 Å². The maximum absolute atomic E-state index is 13.5. The molecule has 2 saturated heterocycles. The van der Waals surface area contributed by atoms with Crippen molar-refractivity contribution in [3.63, 3.8) is 0 Å². The molecule has 2 aliphatic rings. The van der Waals surface area contributed by atoms with Crippen molar-refractivity contribution in [2.75, 3.05) is 19.8 Å². The summed E-state index contributed by atoms with van der Waals surface area (Å²) in [4.78, 5) is 17.7. The number of benzene rings is 3. The molecule has 256 valence electrons. The Morgan fingerprint density at radius 2 is 1.48 bits per heavy atom. The van der Waals surface area contributed by atoms with Crippen LogP contribution in [-0.4, -0.2) is 61.3 Å². The molecule has 3 atom stereocenters. The van der Waals surface area contributed by atoms with Crippen molar-refractivity contribution < 1.29 is 18.7 Å². The second-order valence-corrected chi connectivity index (χ2v) is 19.9. The van der Waals surface area contributed by atoms with Crippen molar-refractivity contribution in [3.8, 4) is 0 Å². The smallest absolute Gasteiger partial charge is 0.417 e. The zero-order chi connectivity index (χ0) is 34.7. The average molecular weight is 667 g/mol. The van der Waals surface area contributed by atoms with Gasteiger partial charge in [-0.25, -0.2) is 4.79 Å². The van der Waals surface area contributed by atoms with E-state index in [4.69, 9.17) is 13.9 Å². The Labute approximate surface area is 289 Å². The summed E-state index contributed by atoms with van der Waals surface area (Å²) >= 11 is 0. The zero-order valence-corrected chi connectivity index (χ0v) is 31.1. The Bertz CT molecular complexity index is 1510. The van der Waals surface area contributed by atoms with Gasteiger partial charge in [-0.15, -0.1) is 0 Å². The van der Waals surface area contributed by atoms with E-state index in [9.17, 15) is 4.79 Å². The Kier molecular flexibility index (Phi) is 10.6. The van der Waals surface area contributed by atoms with Crippen LogP contribution in [0.1, 0.15) is 61.0 Å². The number of nitrogens with zero attached hydrogens (tertiary/aromatic N) is 2. The van der Waals surface area contributed by atoms with E-state index in [1.807, 2.05) is 27.7 Å². The van der Waals surface area contributed by atoms with Crippen LogP contribution in [0, 0.1) is 11.8 Å². The van der Waals surface area contributed by atoms with Crippen molar-refractivity contribution in [2.24, 2.45) is 11.8 Å². The molecule has 0 aromatic heterocycles. The minimum Gasteiger partial charge on any atom is -0.418 e. The number of amides is 1. The quantitative estimate of drug-likeness (QED) is 0.126. The van der Waals surface area contributed by atoms with Crippen LogP contribution < -0.4 is 10.4 Å². The fourth-order valence-electron chi connectivity index (χ4n) is 7.88. The molecule has 2 fully saturated rings. The molecule has 3 aromatic carbocycles. The third-order valence-electron chi connectivity index (χ3n) is 10.1. The molecule has 5 rings (SSSR count). The molecule has 0 N–H and O–H groups in total. The van der Waals surface area contributed by atoms with Gasteiger partial charge in [0.1, 0.15) is 5.72 Å². The monoisotopic (exact) mass is 666 g/mol. The molecule has 0 bridgehead atoms. The fraction of sp³-hybridized carbons (Fsp3) is 0.439. The normalized spacial score (nSPS) is 22.7. The summed E-state index contributed by atoms with van der Waals surface area (Å²) in [5.74, 6) is 0.187. The maximum atomic E-state index is 13.5. The highest BCUT2D eigenvalue weighted by atomic mass is 28.4. The van der Waals surface area contributed by atoms with Crippen LogP contribution in [0.3, 0.4) is 0 Å². The number of ether oxygens (including phenoxy) is 2. The van der Waals surface area contributed by atoms with E-state index in [2.05, 4.69) is 136 Å². The van der Waals surface area contributed by atoms with Crippen LogP contribution in [0.2, 0.25) is 5.04 Å². The second-order valence-electron chi connectivity index (χ2n) is 15.6. The number of rotatable bonds is 10. The molecule has 2 heterocycles. The van der Waals surface area contributed by atoms with Gasteiger partial charge in [0.25, 0.3) is 8.32 Å². The minimum atomic E-state index is -2.80. The molecule has 0 spiro atoms. The molecule has 2 aliphatic heterocycles. The summed E-state index contributed by atoms with van der Waals surface area (Å²) in [6, 6.07) is 32.2. The Morgan fingerprint density at radius 1 is 0.938 bits per heavy atom. The van der Waals surface area contributed by atoms with Gasteiger partial charge in [-0.3, -0.25) is 9.80 Å². The summed E-state index contributed by atoms with van der Waals surface area (Å²) in [6.07, 6.45) is 3.25. The highest BCUT2D eigenvalue weighted by Gasteiger charge is 2.52. The average Bonchev–Trinajstić information content (AvgIpc) is 3.49. The lowest BCUT2D eigenvalue weighted by Crippen LogP contribution is -2.67. The molecule has 3 aromatic rings. The first kappa shape index (κ1) is 35.8. The van der Waals surface area contributed by atoms with Crippen molar-refractivity contribution in [3.05, 3.63) is 121 Å². The summed E-state index contributed by atoms with van der Waals surface area (Å²) in [7, 11) is -2.80. The van der Waals surface area contributed by atoms with E-state index < -0.39 is 25.7 Å². The van der Waals surface area contributed by atoms with Gasteiger partial charge < -0.3 is 13.9 Å². The number of carbonyl (C=O) groups is 1. The standard InChI is InChI=1S/C41H54N2O4Si/c1-31(2)36-28-42(27-32-19-13-10-14-20-32)37(35(36)25-26-45-38(44)43-40(6,7)30-46-41(43,8)9)29-47-48(39(3,4)5,33-21-15-11-16-22-33)34-23-17-12-18-24-34/h10-26,35-37H,1,27-30H2,2-9H3/b26-25-/t35-,36+,37+/m0/s1. The van der Waals surface area contributed by atoms with E-state index in [0.717, 1.165) is 18.7 Å². The second kappa shape index (κ2) is 14.2. The number of hydrogen-bond acceptors (Lipinski definition) is 5. The first-order valence-corrected chi connectivity index (χ1v) is 19.1. The number of hydrogen-bond donors (Lipinski definition) is 0. The number of likely N-dealkylation sites (tertiary alicyclic amines) is 1. The van der Waals surface area contributed by atoms with Gasteiger partial charge in [0, 0.05) is 25.0 Å². The van der Waals surface area contributed by atoms with Gasteiger partial charge in [0.2, 0.25) is 0 Å². The highest BCUT2D eigenvalue weighted by molar-refractivity contribution is 6.99. The summed E-state index contributed by atoms with van der Waals surface area (Å²) in [6.45, 7) is 23.9. The van der Waals surface area contributed by atoms with Crippen molar-refractivity contribution in [1.29, 1.82) is 0 Å². The van der Waals surface area contributed by atoms with Crippen molar-refractivity contribution in [1.82, 2.24) is 9.80 Å². The van der Waals surface area contributed by atoms with Gasteiger partial charge in [-0.1, -0.05) is 124 Å². The van der Waals surface area contributed by atoms with Gasteiger partial charge in [-0.05, 0) is 67.6 Å². The van der Waals surface area contributed by atoms with Gasteiger partial charge in [0.15, 0.2) is 0 Å². The maximum Gasteiger partial charge on any atom is 0.417 e. The third kappa shape index (κ3) is 7.25. The first-order valence-electron chi connectivity index (χ1n) is 17.2. The predicted molar refractivity (Wildman–Crippen MR) is 198 cm³/mol. The molecule has 0 radical (unpaired) electrons. The van der Waals surface area contributed by atoms with Gasteiger partial charge >= 0.3 is 6.09 Å². The SMILES string of the molecule is C=C(C)[C@H]1CN(Cc2ccccc2)[C@H](CO[Si](c2ccccc2)(c2ccccc2)C(C)(C)C)[C@H]1/C=C\OC(=O)N1C(C)(C)COC1(C)C. The summed E-state index contributed by atoms with van der Waals surface area (Å²) in [5, 5.41) is 2.36. The minimum absolute atomic E-state index is 0.0199. The van der Waals surface area contributed by atoms with Crippen LogP contribution in [0.15, 0.2) is 115 Å². The van der Waals surface area contributed by atoms with Crippen LogP contribution in [-0.2, 0) is 20.4 Å². The molecule has 0 aliphatic carbocycles. The third-order valence-corrected chi connectivity index (χ3v) is 15.1. The van der Waals surface area contributed by atoms with Crippen LogP contribution in [0.5, 0.6) is 0 Å². The van der Waals surface area contributed by atoms with E-state index in [0.29, 0.717) is 13.2 Å². The van der Waals surface area contributed by atoms with Crippen LogP contribution >= 0.6 is 0 Å². The molecule has 1 amide bonds.